The van der Waals surface area contributed by atoms with Gasteiger partial charge in [-0.05, 0) is 44.4 Å². The first kappa shape index (κ1) is 14.9. The van der Waals surface area contributed by atoms with Crippen molar-refractivity contribution < 1.29 is 9.53 Å². The smallest absolute Gasteiger partial charge is 0.236 e. The van der Waals surface area contributed by atoms with E-state index in [4.69, 9.17) is 4.74 Å². The highest BCUT2D eigenvalue weighted by Gasteiger charge is 2.18. The summed E-state index contributed by atoms with van der Waals surface area (Å²) in [6.45, 7) is 6.97. The lowest BCUT2D eigenvalue weighted by molar-refractivity contribution is -0.129. The molecule has 0 bridgehead atoms. The van der Waals surface area contributed by atoms with Gasteiger partial charge in [0, 0.05) is 19.1 Å². The second-order valence-electron chi connectivity index (χ2n) is 5.19. The lowest BCUT2D eigenvalue weighted by atomic mass is 10.1. The standard InChI is InChI=1S/C16H24N2O2/c1-3-20-15-8-6-14(7-9-15)13(2)17-12-16(19)18-10-4-5-11-18/h6-9,13,17H,3-5,10-12H2,1-2H3. The van der Waals surface area contributed by atoms with Gasteiger partial charge in [-0.1, -0.05) is 12.1 Å². The number of nitrogens with one attached hydrogen (secondary N) is 1. The van der Waals surface area contributed by atoms with Crippen molar-refractivity contribution in [1.29, 1.82) is 0 Å². The average Bonchev–Trinajstić information content (AvgIpc) is 3.00. The second kappa shape index (κ2) is 7.29. The van der Waals surface area contributed by atoms with Gasteiger partial charge in [0.2, 0.25) is 5.91 Å². The Hall–Kier alpha value is -1.55. The number of benzene rings is 1. The molecule has 1 atom stereocenters. The molecule has 1 N–H and O–H groups in total. The maximum Gasteiger partial charge on any atom is 0.236 e. The third-order valence-corrected chi connectivity index (χ3v) is 3.71. The number of hydrogen-bond donors (Lipinski definition) is 1. The van der Waals surface area contributed by atoms with Gasteiger partial charge in [-0.25, -0.2) is 0 Å². The number of nitrogens with zero attached hydrogens (tertiary/aromatic N) is 1. The van der Waals surface area contributed by atoms with Crippen molar-refractivity contribution in [2.75, 3.05) is 26.2 Å². The molecule has 1 aromatic rings. The highest BCUT2D eigenvalue weighted by molar-refractivity contribution is 5.78. The number of ether oxygens (including phenoxy) is 1. The topological polar surface area (TPSA) is 41.6 Å². The normalized spacial score (nSPS) is 16.2. The summed E-state index contributed by atoms with van der Waals surface area (Å²) in [4.78, 5) is 13.9. The van der Waals surface area contributed by atoms with Crippen LogP contribution in [0.15, 0.2) is 24.3 Å². The van der Waals surface area contributed by atoms with Crippen LogP contribution in [0.5, 0.6) is 5.75 Å². The highest BCUT2D eigenvalue weighted by atomic mass is 16.5. The minimum atomic E-state index is 0.164. The van der Waals surface area contributed by atoms with Crippen molar-refractivity contribution in [3.63, 3.8) is 0 Å². The monoisotopic (exact) mass is 276 g/mol. The Balaban J connectivity index is 1.81. The summed E-state index contributed by atoms with van der Waals surface area (Å²) in [6, 6.07) is 8.20. The molecule has 0 aliphatic carbocycles. The fourth-order valence-corrected chi connectivity index (χ4v) is 2.46. The molecule has 4 nitrogen and oxygen atoms in total. The number of carbonyl (C=O) groups is 1. The Morgan fingerprint density at radius 1 is 1.30 bits per heavy atom. The third-order valence-electron chi connectivity index (χ3n) is 3.71. The number of likely N-dealkylation sites (tertiary alicyclic amines) is 1. The van der Waals surface area contributed by atoms with Crippen LogP contribution >= 0.6 is 0 Å². The van der Waals surface area contributed by atoms with E-state index in [0.717, 1.165) is 31.7 Å². The Morgan fingerprint density at radius 2 is 1.95 bits per heavy atom. The minimum Gasteiger partial charge on any atom is -0.494 e. The Kier molecular flexibility index (Phi) is 5.41. The molecule has 0 radical (unpaired) electrons. The van der Waals surface area contributed by atoms with Crippen LogP contribution in [0.1, 0.15) is 38.3 Å². The Morgan fingerprint density at radius 3 is 2.55 bits per heavy atom. The van der Waals surface area contributed by atoms with Gasteiger partial charge in [-0.15, -0.1) is 0 Å². The quantitative estimate of drug-likeness (QED) is 0.867. The molecule has 1 amide bonds. The molecular weight excluding hydrogens is 252 g/mol. The van der Waals surface area contributed by atoms with Gasteiger partial charge in [0.15, 0.2) is 0 Å². The molecule has 4 heteroatoms. The Bertz CT molecular complexity index is 425. The van der Waals surface area contributed by atoms with Gasteiger partial charge in [-0.3, -0.25) is 4.79 Å². The van der Waals surface area contributed by atoms with E-state index in [2.05, 4.69) is 12.2 Å². The van der Waals surface area contributed by atoms with Crippen LogP contribution in [0.2, 0.25) is 0 Å². The van der Waals surface area contributed by atoms with Crippen LogP contribution in [0.25, 0.3) is 0 Å². The lowest BCUT2D eigenvalue weighted by Gasteiger charge is -2.19. The van der Waals surface area contributed by atoms with Crippen molar-refractivity contribution in [3.8, 4) is 5.75 Å². The molecule has 1 saturated heterocycles. The molecule has 110 valence electrons. The molecule has 1 unspecified atom stereocenters. The van der Waals surface area contributed by atoms with Crippen molar-refractivity contribution in [1.82, 2.24) is 10.2 Å². The molecule has 1 heterocycles. The van der Waals surface area contributed by atoms with Crippen molar-refractivity contribution in [3.05, 3.63) is 29.8 Å². The lowest BCUT2D eigenvalue weighted by Crippen LogP contribution is -2.37. The predicted molar refractivity (Wildman–Crippen MR) is 79.8 cm³/mol. The molecule has 2 rings (SSSR count). The summed E-state index contributed by atoms with van der Waals surface area (Å²) in [6.07, 6.45) is 2.28. The zero-order valence-corrected chi connectivity index (χ0v) is 12.4. The van der Waals surface area contributed by atoms with Crippen LogP contribution in [0.4, 0.5) is 0 Å². The largest absolute Gasteiger partial charge is 0.494 e. The van der Waals surface area contributed by atoms with Gasteiger partial charge in [0.25, 0.3) is 0 Å². The molecule has 1 aliphatic rings. The van der Waals surface area contributed by atoms with E-state index in [0.29, 0.717) is 13.2 Å². The molecule has 1 aromatic carbocycles. The molecule has 0 saturated carbocycles. The van der Waals surface area contributed by atoms with Crippen LogP contribution in [0, 0.1) is 0 Å². The second-order valence-corrected chi connectivity index (χ2v) is 5.19. The summed E-state index contributed by atoms with van der Waals surface area (Å²) in [7, 11) is 0. The average molecular weight is 276 g/mol. The van der Waals surface area contributed by atoms with E-state index in [1.54, 1.807) is 0 Å². The first-order chi connectivity index (χ1) is 9.70. The first-order valence-electron chi connectivity index (χ1n) is 7.44. The van der Waals surface area contributed by atoms with Crippen LogP contribution < -0.4 is 10.1 Å². The maximum atomic E-state index is 12.0. The molecular formula is C16H24N2O2. The number of hydrogen-bond acceptors (Lipinski definition) is 3. The minimum absolute atomic E-state index is 0.164. The van der Waals surface area contributed by atoms with Gasteiger partial charge < -0.3 is 15.0 Å². The van der Waals surface area contributed by atoms with E-state index in [9.17, 15) is 4.79 Å². The van der Waals surface area contributed by atoms with E-state index in [1.165, 1.54) is 5.56 Å². The summed E-state index contributed by atoms with van der Waals surface area (Å²) < 4.78 is 5.43. The first-order valence-corrected chi connectivity index (χ1v) is 7.44. The summed E-state index contributed by atoms with van der Waals surface area (Å²) in [5, 5.41) is 3.30. The van der Waals surface area contributed by atoms with Crippen molar-refractivity contribution in [2.45, 2.75) is 32.7 Å². The summed E-state index contributed by atoms with van der Waals surface area (Å²) in [5.74, 6) is 1.09. The summed E-state index contributed by atoms with van der Waals surface area (Å²) >= 11 is 0. The molecule has 0 spiro atoms. The SMILES string of the molecule is CCOc1ccc(C(C)NCC(=O)N2CCCC2)cc1. The van der Waals surface area contributed by atoms with E-state index < -0.39 is 0 Å². The van der Waals surface area contributed by atoms with Gasteiger partial charge >= 0.3 is 0 Å². The zero-order chi connectivity index (χ0) is 14.4. The predicted octanol–water partition coefficient (Wildman–Crippen LogP) is 2.36. The van der Waals surface area contributed by atoms with Crippen molar-refractivity contribution >= 4 is 5.91 Å². The maximum absolute atomic E-state index is 12.0. The molecule has 1 fully saturated rings. The molecule has 1 aliphatic heterocycles. The number of amides is 1. The van der Waals surface area contributed by atoms with Gasteiger partial charge in [-0.2, -0.15) is 0 Å². The Labute approximate surface area is 121 Å². The molecule has 20 heavy (non-hydrogen) atoms. The summed E-state index contributed by atoms with van der Waals surface area (Å²) in [5.41, 5.74) is 1.17. The van der Waals surface area contributed by atoms with Crippen LogP contribution in [0.3, 0.4) is 0 Å². The van der Waals surface area contributed by atoms with Gasteiger partial charge in [0.1, 0.15) is 5.75 Å². The third kappa shape index (κ3) is 3.97. The van der Waals surface area contributed by atoms with E-state index >= 15 is 0 Å². The number of carbonyl (C=O) groups excluding carboxylic acids is 1. The van der Waals surface area contributed by atoms with Crippen LogP contribution in [-0.4, -0.2) is 37.0 Å². The highest BCUT2D eigenvalue weighted by Crippen LogP contribution is 2.17. The van der Waals surface area contributed by atoms with E-state index in [-0.39, 0.29) is 11.9 Å². The number of rotatable bonds is 6. The van der Waals surface area contributed by atoms with Gasteiger partial charge in [0.05, 0.1) is 13.2 Å². The zero-order valence-electron chi connectivity index (χ0n) is 12.4. The fraction of sp³-hybridized carbons (Fsp3) is 0.562. The van der Waals surface area contributed by atoms with Crippen molar-refractivity contribution in [2.24, 2.45) is 0 Å². The van der Waals surface area contributed by atoms with E-state index in [1.807, 2.05) is 36.1 Å². The van der Waals surface area contributed by atoms with Crippen LogP contribution in [-0.2, 0) is 4.79 Å². The molecule has 0 aromatic heterocycles. The fourth-order valence-electron chi connectivity index (χ4n) is 2.46.